The van der Waals surface area contributed by atoms with Crippen LogP contribution in [0.25, 0.3) is 259 Å². The third-order valence-corrected chi connectivity index (χ3v) is 29.8. The molecule has 0 unspecified atom stereocenters. The highest BCUT2D eigenvalue weighted by Gasteiger charge is 2.28. The van der Waals surface area contributed by atoms with Crippen molar-refractivity contribution >= 4 is 191 Å². The van der Waals surface area contributed by atoms with E-state index in [1.54, 1.807) is 12.4 Å². The fourth-order valence-corrected chi connectivity index (χ4v) is 23.2. The summed E-state index contributed by atoms with van der Waals surface area (Å²) < 4.78 is 12.1. The molecule has 31 rings (SSSR count). The van der Waals surface area contributed by atoms with Crippen molar-refractivity contribution in [3.63, 3.8) is 0 Å². The number of hydrogen-bond acceptors (Lipinski definition) is 7. The normalized spacial score (nSPS) is 11.7. The molecule has 8 aromatic heterocycles. The molecule has 8 heterocycles. The third-order valence-electron chi connectivity index (χ3n) is 29.8. The molecule has 700 valence electrons. The Balaban J connectivity index is 0.000000107. The van der Waals surface area contributed by atoms with Crippen LogP contribution < -0.4 is 4.90 Å². The molecule has 31 aromatic rings. The van der Waals surface area contributed by atoms with E-state index in [9.17, 15) is 0 Å². The van der Waals surface area contributed by atoms with E-state index >= 15 is 0 Å². The minimum absolute atomic E-state index is 0.717. The topological polar surface area (TPSA) is 105 Å². The molecule has 0 saturated heterocycles. The smallest absolute Gasteiger partial charge is 0.160 e. The monoisotopic (exact) mass is 1910 g/mol. The van der Waals surface area contributed by atoms with Gasteiger partial charge in [-0.15, -0.1) is 0 Å². The van der Waals surface area contributed by atoms with Crippen LogP contribution in [0, 0.1) is 0 Å². The fraction of sp³-hybridized carbons (Fsp3) is 0. The Morgan fingerprint density at radius 3 is 1.09 bits per heavy atom. The number of para-hydroxylation sites is 7. The van der Waals surface area contributed by atoms with Crippen molar-refractivity contribution in [3.05, 3.63) is 534 Å². The Bertz CT molecular complexity index is 10700. The molecule has 0 fully saturated rings. The van der Waals surface area contributed by atoms with Crippen LogP contribution in [0.5, 0.6) is 0 Å². The van der Waals surface area contributed by atoms with Gasteiger partial charge in [-0.25, -0.2) is 19.9 Å². The summed E-state index contributed by atoms with van der Waals surface area (Å²) >= 11 is 0. The summed E-state index contributed by atoms with van der Waals surface area (Å²) in [5.74, 6) is 1.44. The van der Waals surface area contributed by atoms with E-state index in [2.05, 4.69) is 517 Å². The number of nitrogens with zero attached hydrogens (tertiary/aromatic N) is 12. The van der Waals surface area contributed by atoms with E-state index < -0.39 is 0 Å². The molecule has 0 aliphatic heterocycles. The van der Waals surface area contributed by atoms with Crippen molar-refractivity contribution in [2.24, 2.45) is 0 Å². The van der Waals surface area contributed by atoms with Crippen molar-refractivity contribution in [2.75, 3.05) is 4.90 Å². The number of aromatic nitrogens is 11. The number of benzene rings is 23. The van der Waals surface area contributed by atoms with Gasteiger partial charge in [-0.3, -0.25) is 9.97 Å². The summed E-state index contributed by atoms with van der Waals surface area (Å²) in [6.45, 7) is 0. The molecule has 0 spiro atoms. The Hall–Kier alpha value is -20.3. The highest BCUT2D eigenvalue weighted by atomic mass is 15.1. The van der Waals surface area contributed by atoms with Gasteiger partial charge < -0.3 is 27.7 Å². The minimum Gasteiger partial charge on any atom is -0.310 e. The zero-order valence-corrected chi connectivity index (χ0v) is 81.2. The van der Waals surface area contributed by atoms with Crippen molar-refractivity contribution in [1.82, 2.24) is 52.7 Å². The first-order valence-electron chi connectivity index (χ1n) is 50.9. The standard InChI is InChI=1S/C54H34N4.C48H30N4.C36H24N4/c1-4-16-36(17-5-1)52-46-34-40(29-31-47(46)55-54(56-52)37-18-6-2-7-19-37)57-49-32-28-35-15-10-11-22-41(35)51(49)45-30-27-38(33-50(45)57)42-24-14-25-44-43-23-12-13-26-48(43)58(53(42)44)39-20-8-3-9-21-39;1-4-15-32(16-5-1)46-39-30-35(25-27-40(39)49-48(50-46)33-17-6-2-7-18-33)51-41-23-13-12-22-37(41)44-42(51)28-29-43-45(44)38-26-24-31-14-10-11-21-36(31)47(38)52(43)34-19-8-3-9-20-34;1-3-10-26(11-4-1)39(27-12-5-2-6-13-27)29-16-18-31-35(24-29)40(28-17-19-32-33(23-28)38-22-21-37-32)34-20-15-25-9-7-8-14-30(25)36(31)34/h1-34H;1-30H;1-24H. The predicted molar refractivity (Wildman–Crippen MR) is 625 cm³/mol. The average molecular weight is 1910 g/mol. The van der Waals surface area contributed by atoms with Crippen LogP contribution in [0.15, 0.2) is 534 Å². The van der Waals surface area contributed by atoms with Crippen LogP contribution >= 0.6 is 0 Å². The summed E-state index contributed by atoms with van der Waals surface area (Å²) in [6, 6.07) is 186. The van der Waals surface area contributed by atoms with Gasteiger partial charge in [0, 0.05) is 156 Å². The molecule has 0 bridgehead atoms. The van der Waals surface area contributed by atoms with Crippen LogP contribution in [-0.4, -0.2) is 52.7 Å². The summed E-state index contributed by atoms with van der Waals surface area (Å²) in [6.07, 6.45) is 3.49. The van der Waals surface area contributed by atoms with E-state index in [0.717, 1.165) is 157 Å². The Labute approximate surface area is 861 Å². The molecule has 0 radical (unpaired) electrons. The lowest BCUT2D eigenvalue weighted by Gasteiger charge is -2.25. The minimum atomic E-state index is 0.717. The van der Waals surface area contributed by atoms with E-state index in [1.807, 2.05) is 42.5 Å². The number of rotatable bonds is 13. The average Bonchev–Trinajstić information content (AvgIpc) is 1.54. The van der Waals surface area contributed by atoms with Crippen molar-refractivity contribution in [1.29, 1.82) is 0 Å². The molecule has 23 aromatic carbocycles. The van der Waals surface area contributed by atoms with Crippen molar-refractivity contribution in [2.45, 2.75) is 0 Å². The van der Waals surface area contributed by atoms with Gasteiger partial charge in [0.15, 0.2) is 11.6 Å². The zero-order chi connectivity index (χ0) is 98.8. The van der Waals surface area contributed by atoms with Crippen molar-refractivity contribution < 1.29 is 0 Å². The largest absolute Gasteiger partial charge is 0.310 e. The van der Waals surface area contributed by atoms with E-state index in [4.69, 9.17) is 19.9 Å². The maximum atomic E-state index is 5.24. The molecule has 0 N–H and O–H groups in total. The maximum absolute atomic E-state index is 5.24. The number of anilines is 3. The Kier molecular flexibility index (Phi) is 20.7. The SMILES string of the molecule is c1ccc(-c2nc(-c3ccccc3)c3cc(-n4c5cc(-c6cccc7c8ccccc8n(-c8ccccc8)c67)ccc5c5c6ccccc6ccc54)ccc3n2)cc1.c1ccc(-c2nc(-c3ccccc3)c3cc(-n4c5ccccc5c5c6c7ccc8ccccc8c7n(-c7ccccc7)c6ccc54)ccc3n2)cc1.c1ccc(N(c2ccccc2)c2ccc3c4c5ccccc5ccc4n(-c4ccc5nccnc5c4)c3c2)cc1. The molecule has 0 atom stereocenters. The second-order valence-electron chi connectivity index (χ2n) is 38.3. The highest BCUT2D eigenvalue weighted by Crippen LogP contribution is 2.50. The summed E-state index contributed by atoms with van der Waals surface area (Å²) in [7, 11) is 0. The van der Waals surface area contributed by atoms with Crippen LogP contribution in [0.4, 0.5) is 17.1 Å². The highest BCUT2D eigenvalue weighted by molar-refractivity contribution is 6.32. The quantitative estimate of drug-likeness (QED) is 0.113. The lowest BCUT2D eigenvalue weighted by Crippen LogP contribution is -2.09. The first-order valence-corrected chi connectivity index (χ1v) is 50.9. The first kappa shape index (κ1) is 86.3. The van der Waals surface area contributed by atoms with Gasteiger partial charge in [-0.05, 0) is 190 Å². The Morgan fingerprint density at radius 2 is 0.540 bits per heavy atom. The molecule has 12 heteroatoms. The van der Waals surface area contributed by atoms with Crippen LogP contribution in [-0.2, 0) is 0 Å². The Morgan fingerprint density at radius 1 is 0.167 bits per heavy atom. The van der Waals surface area contributed by atoms with Gasteiger partial charge >= 0.3 is 0 Å². The van der Waals surface area contributed by atoms with Gasteiger partial charge in [0.1, 0.15) is 0 Å². The van der Waals surface area contributed by atoms with E-state index in [-0.39, 0.29) is 0 Å². The predicted octanol–water partition coefficient (Wildman–Crippen LogP) is 35.6. The molecule has 0 saturated carbocycles. The van der Waals surface area contributed by atoms with Crippen LogP contribution in [0.3, 0.4) is 0 Å². The summed E-state index contributed by atoms with van der Waals surface area (Å²) in [5.41, 5.74) is 32.5. The van der Waals surface area contributed by atoms with E-state index in [0.29, 0.717) is 0 Å². The van der Waals surface area contributed by atoms with Gasteiger partial charge in [0.05, 0.1) is 88.6 Å². The first-order chi connectivity index (χ1) is 74.4. The lowest BCUT2D eigenvalue weighted by molar-refractivity contribution is 1.17. The number of fused-ring (bicyclic) bond motifs is 25. The van der Waals surface area contributed by atoms with Gasteiger partial charge in [0.25, 0.3) is 0 Å². The molecular formula is C138H88N12. The summed E-state index contributed by atoms with van der Waals surface area (Å²) in [4.78, 5) is 32.1. The number of hydrogen-bond donors (Lipinski definition) is 0. The van der Waals surface area contributed by atoms with E-state index in [1.165, 1.54) is 119 Å². The molecule has 150 heavy (non-hydrogen) atoms. The summed E-state index contributed by atoms with van der Waals surface area (Å²) in [5, 5.41) is 21.8. The van der Waals surface area contributed by atoms with Gasteiger partial charge in [-0.2, -0.15) is 0 Å². The zero-order valence-electron chi connectivity index (χ0n) is 81.2. The van der Waals surface area contributed by atoms with Gasteiger partial charge in [-0.1, -0.05) is 364 Å². The van der Waals surface area contributed by atoms with Crippen LogP contribution in [0.1, 0.15) is 0 Å². The molecule has 0 aliphatic carbocycles. The van der Waals surface area contributed by atoms with Crippen molar-refractivity contribution in [3.8, 4) is 84.9 Å². The van der Waals surface area contributed by atoms with Gasteiger partial charge in [0.2, 0.25) is 0 Å². The third kappa shape index (κ3) is 14.4. The fourth-order valence-electron chi connectivity index (χ4n) is 23.2. The second kappa shape index (κ2) is 35.9. The lowest BCUT2D eigenvalue weighted by atomic mass is 9.99. The second-order valence-corrected chi connectivity index (χ2v) is 38.3. The molecule has 0 aliphatic rings. The molecular weight excluding hydrogens is 1830 g/mol. The van der Waals surface area contributed by atoms with Crippen LogP contribution in [0.2, 0.25) is 0 Å². The molecule has 12 nitrogen and oxygen atoms in total. The maximum Gasteiger partial charge on any atom is 0.160 e. The molecule has 0 amide bonds.